The lowest BCUT2D eigenvalue weighted by Gasteiger charge is -2.10. The minimum absolute atomic E-state index is 0.104. The quantitative estimate of drug-likeness (QED) is 0.743. The smallest absolute Gasteiger partial charge is 0.178 e. The minimum Gasteiger partial charge on any atom is -0.492 e. The summed E-state index contributed by atoms with van der Waals surface area (Å²) < 4.78 is 29.0. The Morgan fingerprint density at radius 3 is 2.68 bits per heavy atom. The Morgan fingerprint density at radius 1 is 1.32 bits per heavy atom. The third kappa shape index (κ3) is 5.61. The molecule has 0 aliphatic rings. The molecule has 0 aromatic heterocycles. The van der Waals surface area contributed by atoms with Crippen LogP contribution in [0.1, 0.15) is 20.8 Å². The standard InChI is InChI=1S/C14H23NO3S/c1-4-19(16,17)14-7-5-6-13(10-14)18-9-8-15-11-12(2)3/h5-7,10,12,15H,4,8-9,11H2,1-3H3. The summed E-state index contributed by atoms with van der Waals surface area (Å²) in [5.74, 6) is 1.31. The molecule has 4 nitrogen and oxygen atoms in total. The van der Waals surface area contributed by atoms with Crippen LogP contribution in [0.3, 0.4) is 0 Å². The molecule has 0 fully saturated rings. The van der Waals surface area contributed by atoms with Crippen LogP contribution in [0, 0.1) is 5.92 Å². The fourth-order valence-corrected chi connectivity index (χ4v) is 2.47. The highest BCUT2D eigenvalue weighted by Gasteiger charge is 2.11. The van der Waals surface area contributed by atoms with E-state index in [1.807, 2.05) is 0 Å². The predicted octanol–water partition coefficient (Wildman–Crippen LogP) is 2.10. The summed E-state index contributed by atoms with van der Waals surface area (Å²) >= 11 is 0. The highest BCUT2D eigenvalue weighted by atomic mass is 32.2. The van der Waals surface area contributed by atoms with Gasteiger partial charge in [0.1, 0.15) is 12.4 Å². The highest BCUT2D eigenvalue weighted by Crippen LogP contribution is 2.18. The van der Waals surface area contributed by atoms with Gasteiger partial charge in [-0.2, -0.15) is 0 Å². The lowest BCUT2D eigenvalue weighted by molar-refractivity contribution is 0.310. The maximum absolute atomic E-state index is 11.7. The van der Waals surface area contributed by atoms with Crippen LogP contribution in [0.2, 0.25) is 0 Å². The molecule has 0 heterocycles. The van der Waals surface area contributed by atoms with E-state index in [0.717, 1.165) is 13.1 Å². The number of hydrogen-bond donors (Lipinski definition) is 1. The maximum atomic E-state index is 11.7. The first kappa shape index (κ1) is 16.0. The molecule has 0 aliphatic carbocycles. The molecule has 0 radical (unpaired) electrons. The average Bonchev–Trinajstić information content (AvgIpc) is 2.38. The molecule has 0 amide bonds. The van der Waals surface area contributed by atoms with E-state index in [9.17, 15) is 8.42 Å². The summed E-state index contributed by atoms with van der Waals surface area (Å²) in [6.45, 7) is 8.16. The molecule has 1 N–H and O–H groups in total. The summed E-state index contributed by atoms with van der Waals surface area (Å²) in [5.41, 5.74) is 0. The maximum Gasteiger partial charge on any atom is 0.178 e. The van der Waals surface area contributed by atoms with Crippen molar-refractivity contribution in [2.45, 2.75) is 25.7 Å². The molecule has 1 aromatic rings. The van der Waals surface area contributed by atoms with Crippen LogP contribution < -0.4 is 10.1 Å². The Balaban J connectivity index is 2.50. The van der Waals surface area contributed by atoms with E-state index in [0.29, 0.717) is 23.2 Å². The molecular formula is C14H23NO3S. The van der Waals surface area contributed by atoms with Crippen LogP contribution in [-0.4, -0.2) is 33.9 Å². The molecule has 0 aliphatic heterocycles. The lowest BCUT2D eigenvalue weighted by Crippen LogP contribution is -2.24. The van der Waals surface area contributed by atoms with Gasteiger partial charge in [-0.15, -0.1) is 0 Å². The second kappa shape index (κ2) is 7.50. The average molecular weight is 285 g/mol. The van der Waals surface area contributed by atoms with Gasteiger partial charge in [-0.1, -0.05) is 26.8 Å². The van der Waals surface area contributed by atoms with Gasteiger partial charge in [0.25, 0.3) is 0 Å². The Labute approximate surface area is 116 Å². The van der Waals surface area contributed by atoms with E-state index in [4.69, 9.17) is 4.74 Å². The molecule has 0 saturated heterocycles. The first-order chi connectivity index (χ1) is 8.95. The molecule has 1 rings (SSSR count). The molecule has 108 valence electrons. The number of sulfone groups is 1. The molecule has 0 unspecified atom stereocenters. The van der Waals surface area contributed by atoms with Crippen LogP contribution >= 0.6 is 0 Å². The van der Waals surface area contributed by atoms with Gasteiger partial charge in [-0.25, -0.2) is 8.42 Å². The van der Waals surface area contributed by atoms with Crippen LogP contribution in [0.25, 0.3) is 0 Å². The molecule has 0 bridgehead atoms. The van der Waals surface area contributed by atoms with Gasteiger partial charge < -0.3 is 10.1 Å². The van der Waals surface area contributed by atoms with Crippen molar-refractivity contribution in [1.29, 1.82) is 0 Å². The second-order valence-electron chi connectivity index (χ2n) is 4.82. The fraction of sp³-hybridized carbons (Fsp3) is 0.571. The van der Waals surface area contributed by atoms with Gasteiger partial charge in [0.05, 0.1) is 10.6 Å². The summed E-state index contributed by atoms with van der Waals surface area (Å²) in [5, 5.41) is 3.27. The van der Waals surface area contributed by atoms with Crippen molar-refractivity contribution in [3.63, 3.8) is 0 Å². The molecule has 0 spiro atoms. The van der Waals surface area contributed by atoms with Crippen LogP contribution in [0.4, 0.5) is 0 Å². The summed E-state index contributed by atoms with van der Waals surface area (Å²) in [6.07, 6.45) is 0. The van der Waals surface area contributed by atoms with E-state index in [-0.39, 0.29) is 5.75 Å². The van der Waals surface area contributed by atoms with E-state index >= 15 is 0 Å². The predicted molar refractivity (Wildman–Crippen MR) is 77.4 cm³/mol. The van der Waals surface area contributed by atoms with Crippen molar-refractivity contribution in [2.75, 3.05) is 25.4 Å². The third-order valence-corrected chi connectivity index (χ3v) is 4.38. The van der Waals surface area contributed by atoms with E-state index in [2.05, 4.69) is 19.2 Å². The third-order valence-electron chi connectivity index (χ3n) is 2.64. The van der Waals surface area contributed by atoms with Crippen molar-refractivity contribution in [3.8, 4) is 5.75 Å². The zero-order valence-electron chi connectivity index (χ0n) is 11.8. The summed E-state index contributed by atoms with van der Waals surface area (Å²) in [4.78, 5) is 0.322. The zero-order chi connectivity index (χ0) is 14.3. The molecule has 5 heteroatoms. The Kier molecular flexibility index (Phi) is 6.31. The van der Waals surface area contributed by atoms with Crippen molar-refractivity contribution in [3.05, 3.63) is 24.3 Å². The topological polar surface area (TPSA) is 55.4 Å². The molecule has 0 atom stereocenters. The van der Waals surface area contributed by atoms with Crippen molar-refractivity contribution in [1.82, 2.24) is 5.32 Å². The van der Waals surface area contributed by atoms with Gasteiger partial charge in [-0.3, -0.25) is 0 Å². The van der Waals surface area contributed by atoms with Crippen LogP contribution in [-0.2, 0) is 9.84 Å². The summed E-state index contributed by atoms with van der Waals surface area (Å²) in [6, 6.07) is 6.67. The minimum atomic E-state index is -3.16. The van der Waals surface area contributed by atoms with Gasteiger partial charge >= 0.3 is 0 Å². The fourth-order valence-electron chi connectivity index (χ4n) is 1.56. The first-order valence-corrected chi connectivity index (χ1v) is 8.27. The number of nitrogens with one attached hydrogen (secondary N) is 1. The van der Waals surface area contributed by atoms with Gasteiger partial charge in [0, 0.05) is 6.54 Å². The SMILES string of the molecule is CCS(=O)(=O)c1cccc(OCCNCC(C)C)c1. The summed E-state index contributed by atoms with van der Waals surface area (Å²) in [7, 11) is -3.16. The molecule has 0 saturated carbocycles. The highest BCUT2D eigenvalue weighted by molar-refractivity contribution is 7.91. The monoisotopic (exact) mass is 285 g/mol. The van der Waals surface area contributed by atoms with E-state index in [1.165, 1.54) is 0 Å². The Morgan fingerprint density at radius 2 is 2.05 bits per heavy atom. The molecular weight excluding hydrogens is 262 g/mol. The zero-order valence-corrected chi connectivity index (χ0v) is 12.7. The van der Waals surface area contributed by atoms with Crippen molar-refractivity contribution >= 4 is 9.84 Å². The number of hydrogen-bond acceptors (Lipinski definition) is 4. The van der Waals surface area contributed by atoms with Crippen LogP contribution in [0.15, 0.2) is 29.2 Å². The number of ether oxygens (including phenoxy) is 1. The van der Waals surface area contributed by atoms with E-state index in [1.54, 1.807) is 31.2 Å². The number of rotatable bonds is 8. The van der Waals surface area contributed by atoms with Crippen molar-refractivity contribution < 1.29 is 13.2 Å². The Hall–Kier alpha value is -1.07. The number of benzene rings is 1. The lowest BCUT2D eigenvalue weighted by atomic mass is 10.2. The van der Waals surface area contributed by atoms with Crippen LogP contribution in [0.5, 0.6) is 5.75 Å². The van der Waals surface area contributed by atoms with Gasteiger partial charge in [-0.05, 0) is 30.7 Å². The van der Waals surface area contributed by atoms with Gasteiger partial charge in [0.2, 0.25) is 0 Å². The van der Waals surface area contributed by atoms with Gasteiger partial charge in [0.15, 0.2) is 9.84 Å². The van der Waals surface area contributed by atoms with E-state index < -0.39 is 9.84 Å². The molecule has 1 aromatic carbocycles. The Bertz CT molecular complexity index is 483. The largest absolute Gasteiger partial charge is 0.492 e. The second-order valence-corrected chi connectivity index (χ2v) is 7.10. The van der Waals surface area contributed by atoms with Crippen molar-refractivity contribution in [2.24, 2.45) is 5.92 Å². The normalized spacial score (nSPS) is 11.8. The molecule has 19 heavy (non-hydrogen) atoms. The first-order valence-electron chi connectivity index (χ1n) is 6.62.